The zero-order valence-electron chi connectivity index (χ0n) is 17.2. The standard InChI is InChI=1S/C21H27FN4O3/c1-6-11-26-19(18(14-23-26)20(27)28)24-16(3)25-12-7-10-21(25,4)13-17(22)9-8-15(2)29-5/h6,8-9,11,13-14H,2,7,10,12H2,1,3-5H3,(H,27,28)/b9-8-,11-6-,17-13+,24-16?. The Bertz CT molecular complexity index is 898. The first kappa shape index (κ1) is 22.1. The molecule has 1 aromatic heterocycles. The highest BCUT2D eigenvalue weighted by atomic mass is 19.1. The number of halogens is 1. The van der Waals surface area contributed by atoms with Gasteiger partial charge < -0.3 is 14.7 Å². The Morgan fingerprint density at radius 1 is 1.48 bits per heavy atom. The van der Waals surface area contributed by atoms with Crippen LogP contribution in [-0.2, 0) is 4.74 Å². The van der Waals surface area contributed by atoms with Crippen molar-refractivity contribution in [3.63, 3.8) is 0 Å². The summed E-state index contributed by atoms with van der Waals surface area (Å²) >= 11 is 0. The minimum Gasteiger partial charge on any atom is -0.497 e. The number of hydrogen-bond donors (Lipinski definition) is 1. The quantitative estimate of drug-likeness (QED) is 0.313. The lowest BCUT2D eigenvalue weighted by Crippen LogP contribution is -2.42. The van der Waals surface area contributed by atoms with Gasteiger partial charge in [-0.25, -0.2) is 18.9 Å². The van der Waals surface area contributed by atoms with Gasteiger partial charge in [0.2, 0.25) is 0 Å². The number of ether oxygens (including phenoxy) is 1. The second-order valence-electron chi connectivity index (χ2n) is 6.92. The molecule has 7 nitrogen and oxygen atoms in total. The van der Waals surface area contributed by atoms with Gasteiger partial charge in [-0.15, -0.1) is 0 Å². The van der Waals surface area contributed by atoms with Gasteiger partial charge in [-0.2, -0.15) is 5.10 Å². The van der Waals surface area contributed by atoms with Crippen LogP contribution in [0.3, 0.4) is 0 Å². The van der Waals surface area contributed by atoms with Gasteiger partial charge in [0.15, 0.2) is 5.82 Å². The third kappa shape index (κ3) is 5.22. The van der Waals surface area contributed by atoms with E-state index < -0.39 is 17.3 Å². The van der Waals surface area contributed by atoms with Crippen LogP contribution in [0.4, 0.5) is 10.2 Å². The highest BCUT2D eigenvalue weighted by Crippen LogP contribution is 2.33. The number of likely N-dealkylation sites (tertiary alicyclic amines) is 1. The lowest BCUT2D eigenvalue weighted by atomic mass is 9.97. The van der Waals surface area contributed by atoms with Crippen LogP contribution in [0.5, 0.6) is 0 Å². The molecule has 0 saturated carbocycles. The number of aliphatic imine (C=N–C) groups is 1. The molecule has 29 heavy (non-hydrogen) atoms. The summed E-state index contributed by atoms with van der Waals surface area (Å²) in [6.45, 7) is 9.84. The number of rotatable bonds is 7. The van der Waals surface area contributed by atoms with E-state index in [2.05, 4.69) is 16.7 Å². The molecule has 0 radical (unpaired) electrons. The summed E-state index contributed by atoms with van der Waals surface area (Å²) in [6, 6.07) is 0. The van der Waals surface area contributed by atoms with Crippen LogP contribution in [0.15, 0.2) is 53.7 Å². The number of carboxylic acids is 1. The molecule has 1 atom stereocenters. The maximum Gasteiger partial charge on any atom is 0.341 e. The summed E-state index contributed by atoms with van der Waals surface area (Å²) in [4.78, 5) is 18.0. The van der Waals surface area contributed by atoms with Crippen molar-refractivity contribution in [2.24, 2.45) is 4.99 Å². The van der Waals surface area contributed by atoms with Crippen molar-refractivity contribution in [1.29, 1.82) is 0 Å². The first-order valence-corrected chi connectivity index (χ1v) is 9.27. The molecular formula is C21H27FN4O3. The van der Waals surface area contributed by atoms with Gasteiger partial charge in [-0.05, 0) is 51.8 Å². The van der Waals surface area contributed by atoms with E-state index in [0.717, 1.165) is 12.8 Å². The van der Waals surface area contributed by atoms with Crippen LogP contribution in [0.1, 0.15) is 44.0 Å². The van der Waals surface area contributed by atoms with Crippen LogP contribution in [0, 0.1) is 0 Å². The molecule has 0 bridgehead atoms. The molecule has 1 aliphatic rings. The van der Waals surface area contributed by atoms with Gasteiger partial charge in [0, 0.05) is 12.7 Å². The molecule has 1 aliphatic heterocycles. The number of aromatic nitrogens is 2. The summed E-state index contributed by atoms with van der Waals surface area (Å²) in [6.07, 6.45) is 10.6. The molecule has 1 saturated heterocycles. The average Bonchev–Trinajstić information content (AvgIpc) is 3.23. The molecule has 1 N–H and O–H groups in total. The van der Waals surface area contributed by atoms with Crippen LogP contribution < -0.4 is 0 Å². The van der Waals surface area contributed by atoms with Gasteiger partial charge in [0.25, 0.3) is 0 Å². The van der Waals surface area contributed by atoms with Crippen LogP contribution >= 0.6 is 0 Å². The molecule has 8 heteroatoms. The van der Waals surface area contributed by atoms with Gasteiger partial charge in [-0.1, -0.05) is 12.7 Å². The summed E-state index contributed by atoms with van der Waals surface area (Å²) in [5.41, 5.74) is -0.586. The van der Waals surface area contributed by atoms with E-state index in [0.29, 0.717) is 18.1 Å². The van der Waals surface area contributed by atoms with E-state index in [1.807, 2.05) is 11.8 Å². The average molecular weight is 402 g/mol. The van der Waals surface area contributed by atoms with E-state index in [9.17, 15) is 14.3 Å². The molecule has 2 heterocycles. The third-order valence-electron chi connectivity index (χ3n) is 4.77. The number of carbonyl (C=O) groups is 1. The Hall–Kier alpha value is -3.16. The Labute approximate surface area is 170 Å². The zero-order valence-corrected chi connectivity index (χ0v) is 17.2. The predicted molar refractivity (Wildman–Crippen MR) is 112 cm³/mol. The Morgan fingerprint density at radius 3 is 2.83 bits per heavy atom. The lowest BCUT2D eigenvalue weighted by molar-refractivity contribution is 0.0698. The zero-order chi connectivity index (χ0) is 21.6. The normalized spacial score (nSPS) is 20.8. The predicted octanol–water partition coefficient (Wildman–Crippen LogP) is 4.55. The first-order valence-electron chi connectivity index (χ1n) is 9.27. The summed E-state index contributed by atoms with van der Waals surface area (Å²) < 4.78 is 20.8. The number of methoxy groups -OCH3 is 1. The Balaban J connectivity index is 2.38. The Kier molecular flexibility index (Phi) is 7.14. The van der Waals surface area contributed by atoms with Crippen LogP contribution in [0.25, 0.3) is 6.20 Å². The molecule has 1 unspecified atom stereocenters. The minimum atomic E-state index is -1.11. The van der Waals surface area contributed by atoms with E-state index >= 15 is 0 Å². The smallest absolute Gasteiger partial charge is 0.341 e. The maximum absolute atomic E-state index is 14.5. The molecule has 2 rings (SSSR count). The van der Waals surface area contributed by atoms with Crippen molar-refractivity contribution < 1.29 is 19.0 Å². The third-order valence-corrected chi connectivity index (χ3v) is 4.77. The minimum absolute atomic E-state index is 0.00563. The Morgan fingerprint density at radius 2 is 2.21 bits per heavy atom. The largest absolute Gasteiger partial charge is 0.497 e. The van der Waals surface area contributed by atoms with E-state index in [-0.39, 0.29) is 11.4 Å². The SMILES string of the molecule is C=C(/C=C\C(F)=C/C1(C)CCCN1C(C)=Nc1c(C(=O)O)cnn1/C=C\C)OC. The van der Waals surface area contributed by atoms with Crippen molar-refractivity contribution in [2.75, 3.05) is 13.7 Å². The van der Waals surface area contributed by atoms with Gasteiger partial charge in [0.05, 0.1) is 18.8 Å². The molecule has 0 spiro atoms. The second-order valence-corrected chi connectivity index (χ2v) is 6.92. The van der Waals surface area contributed by atoms with Gasteiger partial charge in [0.1, 0.15) is 23.0 Å². The fourth-order valence-corrected chi connectivity index (χ4v) is 3.33. The summed E-state index contributed by atoms with van der Waals surface area (Å²) in [5.74, 6) is -0.337. The molecule has 1 fully saturated rings. The monoisotopic (exact) mass is 402 g/mol. The van der Waals surface area contributed by atoms with Crippen molar-refractivity contribution in [1.82, 2.24) is 14.7 Å². The molecule has 156 valence electrons. The number of aromatic carboxylic acids is 1. The molecular weight excluding hydrogens is 375 g/mol. The number of allylic oxidation sites excluding steroid dienone is 4. The van der Waals surface area contributed by atoms with Crippen LogP contribution in [-0.4, -0.2) is 50.8 Å². The summed E-state index contributed by atoms with van der Waals surface area (Å²) in [7, 11) is 1.47. The molecule has 1 aromatic rings. The molecule has 0 aromatic carbocycles. The van der Waals surface area contributed by atoms with Gasteiger partial charge >= 0.3 is 5.97 Å². The molecule has 0 amide bonds. The van der Waals surface area contributed by atoms with Crippen molar-refractivity contribution in [3.8, 4) is 0 Å². The number of hydrogen-bond acceptors (Lipinski definition) is 4. The van der Waals surface area contributed by atoms with Crippen molar-refractivity contribution in [3.05, 3.63) is 54.2 Å². The molecule has 0 aliphatic carbocycles. The van der Waals surface area contributed by atoms with Crippen LogP contribution in [0.2, 0.25) is 0 Å². The second kappa shape index (κ2) is 9.36. The highest BCUT2D eigenvalue weighted by molar-refractivity contribution is 5.95. The lowest BCUT2D eigenvalue weighted by Gasteiger charge is -2.34. The van der Waals surface area contributed by atoms with Crippen molar-refractivity contribution >= 4 is 23.8 Å². The maximum atomic E-state index is 14.5. The first-order chi connectivity index (χ1) is 13.7. The topological polar surface area (TPSA) is 80.0 Å². The fourth-order valence-electron chi connectivity index (χ4n) is 3.33. The fraction of sp³-hybridized carbons (Fsp3) is 0.381. The van der Waals surface area contributed by atoms with E-state index in [1.54, 1.807) is 32.2 Å². The number of nitrogens with zero attached hydrogens (tertiary/aromatic N) is 4. The highest BCUT2D eigenvalue weighted by Gasteiger charge is 2.36. The number of carboxylic acid groups (broad SMARTS) is 1. The van der Waals surface area contributed by atoms with Crippen molar-refractivity contribution in [2.45, 2.75) is 39.2 Å². The number of amidine groups is 1. The summed E-state index contributed by atoms with van der Waals surface area (Å²) in [5, 5.41) is 13.5. The van der Waals surface area contributed by atoms with E-state index in [4.69, 9.17) is 4.74 Å². The van der Waals surface area contributed by atoms with Gasteiger partial charge in [-0.3, -0.25) is 0 Å². The van der Waals surface area contributed by atoms with E-state index in [1.165, 1.54) is 30.1 Å².